The van der Waals surface area contributed by atoms with Gasteiger partial charge in [0.1, 0.15) is 0 Å². The number of allylic oxidation sites excluding steroid dienone is 2. The summed E-state index contributed by atoms with van der Waals surface area (Å²) in [6, 6.07) is 2.55. The summed E-state index contributed by atoms with van der Waals surface area (Å²) in [6.07, 6.45) is 13.5. The van der Waals surface area contributed by atoms with Crippen molar-refractivity contribution in [1.29, 1.82) is 0 Å². The second-order valence-corrected chi connectivity index (χ2v) is 5.02. The Hall–Kier alpha value is -1.09. The molecule has 1 heterocycles. The highest BCUT2D eigenvalue weighted by atomic mass is 15.3. The first-order chi connectivity index (χ1) is 8.34. The molecule has 0 fully saturated rings. The van der Waals surface area contributed by atoms with Crippen LogP contribution in [0.3, 0.4) is 0 Å². The molecule has 17 heavy (non-hydrogen) atoms. The van der Waals surface area contributed by atoms with Gasteiger partial charge in [-0.1, -0.05) is 12.2 Å². The molecule has 1 aliphatic rings. The number of aryl methyl sites for hydroxylation is 1. The molecule has 3 heteroatoms. The van der Waals surface area contributed by atoms with Crippen molar-refractivity contribution in [2.24, 2.45) is 5.92 Å². The van der Waals surface area contributed by atoms with E-state index in [1.165, 1.54) is 19.3 Å². The van der Waals surface area contributed by atoms with Gasteiger partial charge >= 0.3 is 0 Å². The molecule has 0 saturated heterocycles. The number of aromatic nitrogens is 2. The van der Waals surface area contributed by atoms with E-state index in [-0.39, 0.29) is 0 Å². The second-order valence-electron chi connectivity index (χ2n) is 5.02. The molecule has 2 rings (SSSR count). The Labute approximate surface area is 104 Å². The SMILES string of the molecule is C[C@H](CCn1cccn1)NC[C@@H]1CC=CCC1. The number of hydrogen-bond donors (Lipinski definition) is 1. The van der Waals surface area contributed by atoms with Gasteiger partial charge in [-0.3, -0.25) is 4.68 Å². The molecule has 0 aromatic carbocycles. The Balaban J connectivity index is 1.60. The van der Waals surface area contributed by atoms with Crippen molar-refractivity contribution < 1.29 is 0 Å². The van der Waals surface area contributed by atoms with Crippen molar-refractivity contribution in [3.05, 3.63) is 30.6 Å². The highest BCUT2D eigenvalue weighted by Crippen LogP contribution is 2.17. The molecule has 2 atom stereocenters. The molecule has 0 amide bonds. The normalized spacial score (nSPS) is 21.6. The number of nitrogens with zero attached hydrogens (tertiary/aromatic N) is 2. The van der Waals surface area contributed by atoms with E-state index >= 15 is 0 Å². The van der Waals surface area contributed by atoms with E-state index in [2.05, 4.69) is 29.5 Å². The maximum Gasteiger partial charge on any atom is 0.0489 e. The minimum absolute atomic E-state index is 0.574. The molecule has 1 aliphatic carbocycles. The quantitative estimate of drug-likeness (QED) is 0.765. The largest absolute Gasteiger partial charge is 0.314 e. The van der Waals surface area contributed by atoms with Gasteiger partial charge in [-0.2, -0.15) is 5.10 Å². The fraction of sp³-hybridized carbons (Fsp3) is 0.643. The summed E-state index contributed by atoms with van der Waals surface area (Å²) in [4.78, 5) is 0. The Bertz CT molecular complexity index is 329. The summed E-state index contributed by atoms with van der Waals surface area (Å²) < 4.78 is 2.00. The molecule has 3 nitrogen and oxygen atoms in total. The maximum atomic E-state index is 4.22. The first-order valence-electron chi connectivity index (χ1n) is 6.70. The van der Waals surface area contributed by atoms with Crippen LogP contribution in [-0.2, 0) is 6.54 Å². The Morgan fingerprint density at radius 2 is 2.41 bits per heavy atom. The molecule has 0 unspecified atom stereocenters. The molecule has 1 N–H and O–H groups in total. The monoisotopic (exact) mass is 233 g/mol. The van der Waals surface area contributed by atoms with Crippen molar-refractivity contribution >= 4 is 0 Å². The van der Waals surface area contributed by atoms with Crippen LogP contribution in [0.5, 0.6) is 0 Å². The van der Waals surface area contributed by atoms with E-state index in [9.17, 15) is 0 Å². The number of rotatable bonds is 6. The molecule has 94 valence electrons. The number of nitrogens with one attached hydrogen (secondary N) is 1. The molecular formula is C14H23N3. The van der Waals surface area contributed by atoms with E-state index in [4.69, 9.17) is 0 Å². The van der Waals surface area contributed by atoms with Crippen LogP contribution in [0, 0.1) is 5.92 Å². The molecule has 0 saturated carbocycles. The first-order valence-corrected chi connectivity index (χ1v) is 6.70. The zero-order chi connectivity index (χ0) is 11.9. The summed E-state index contributed by atoms with van der Waals surface area (Å²) in [7, 11) is 0. The molecule has 1 aromatic heterocycles. The van der Waals surface area contributed by atoms with Crippen LogP contribution in [0.4, 0.5) is 0 Å². The molecule has 0 aliphatic heterocycles. The highest BCUT2D eigenvalue weighted by molar-refractivity contribution is 4.90. The lowest BCUT2D eigenvalue weighted by molar-refractivity contribution is 0.388. The predicted molar refractivity (Wildman–Crippen MR) is 70.8 cm³/mol. The summed E-state index contributed by atoms with van der Waals surface area (Å²) >= 11 is 0. The van der Waals surface area contributed by atoms with Gasteiger partial charge in [0.25, 0.3) is 0 Å². The second kappa shape index (κ2) is 6.60. The highest BCUT2D eigenvalue weighted by Gasteiger charge is 2.10. The van der Waals surface area contributed by atoms with Gasteiger partial charge < -0.3 is 5.32 Å². The van der Waals surface area contributed by atoms with Crippen molar-refractivity contribution in [2.45, 2.75) is 45.2 Å². The predicted octanol–water partition coefficient (Wildman–Crippen LogP) is 2.61. The van der Waals surface area contributed by atoms with Crippen molar-refractivity contribution in [2.75, 3.05) is 6.54 Å². The minimum Gasteiger partial charge on any atom is -0.314 e. The van der Waals surface area contributed by atoms with E-state index < -0.39 is 0 Å². The van der Waals surface area contributed by atoms with Gasteiger partial charge in [-0.15, -0.1) is 0 Å². The standard InChI is InChI=1S/C14H23N3/c1-13(8-11-17-10-5-9-16-17)15-12-14-6-3-2-4-7-14/h2-3,5,9-10,13-15H,4,6-8,11-12H2,1H3/t13-,14-/m1/s1. The van der Waals surface area contributed by atoms with E-state index in [0.717, 1.165) is 25.4 Å². The molecule has 0 radical (unpaired) electrons. The Morgan fingerprint density at radius 3 is 3.12 bits per heavy atom. The van der Waals surface area contributed by atoms with Crippen LogP contribution in [-0.4, -0.2) is 22.4 Å². The van der Waals surface area contributed by atoms with Crippen LogP contribution >= 0.6 is 0 Å². The van der Waals surface area contributed by atoms with Crippen LogP contribution in [0.15, 0.2) is 30.6 Å². The fourth-order valence-electron chi connectivity index (χ4n) is 2.27. The summed E-state index contributed by atoms with van der Waals surface area (Å²) in [5.74, 6) is 0.840. The summed E-state index contributed by atoms with van der Waals surface area (Å²) in [5, 5.41) is 7.86. The molecular weight excluding hydrogens is 210 g/mol. The van der Waals surface area contributed by atoms with Gasteiger partial charge in [0.05, 0.1) is 0 Å². The third-order valence-corrected chi connectivity index (χ3v) is 3.48. The summed E-state index contributed by atoms with van der Waals surface area (Å²) in [6.45, 7) is 4.43. The fourth-order valence-corrected chi connectivity index (χ4v) is 2.27. The van der Waals surface area contributed by atoms with E-state index in [1.807, 2.05) is 23.1 Å². The smallest absolute Gasteiger partial charge is 0.0489 e. The van der Waals surface area contributed by atoms with Crippen LogP contribution in [0.2, 0.25) is 0 Å². The Kier molecular flexibility index (Phi) is 4.80. The zero-order valence-electron chi connectivity index (χ0n) is 10.7. The summed E-state index contributed by atoms with van der Waals surface area (Å²) in [5.41, 5.74) is 0. The van der Waals surface area contributed by atoms with Crippen LogP contribution < -0.4 is 5.32 Å². The van der Waals surface area contributed by atoms with Crippen molar-refractivity contribution in [3.63, 3.8) is 0 Å². The van der Waals surface area contributed by atoms with Crippen LogP contribution in [0.25, 0.3) is 0 Å². The van der Waals surface area contributed by atoms with Crippen molar-refractivity contribution in [3.8, 4) is 0 Å². The average Bonchev–Trinajstić information content (AvgIpc) is 2.88. The maximum absolute atomic E-state index is 4.22. The van der Waals surface area contributed by atoms with Gasteiger partial charge in [0.2, 0.25) is 0 Å². The third kappa shape index (κ3) is 4.35. The zero-order valence-corrected chi connectivity index (χ0v) is 10.7. The Morgan fingerprint density at radius 1 is 1.47 bits per heavy atom. The van der Waals surface area contributed by atoms with E-state index in [1.54, 1.807) is 0 Å². The van der Waals surface area contributed by atoms with Crippen LogP contribution in [0.1, 0.15) is 32.6 Å². The minimum atomic E-state index is 0.574. The first kappa shape index (κ1) is 12.4. The van der Waals surface area contributed by atoms with Gasteiger partial charge in [0, 0.05) is 25.0 Å². The van der Waals surface area contributed by atoms with Gasteiger partial charge in [-0.05, 0) is 51.1 Å². The van der Waals surface area contributed by atoms with E-state index in [0.29, 0.717) is 6.04 Å². The van der Waals surface area contributed by atoms with Gasteiger partial charge in [-0.25, -0.2) is 0 Å². The lowest BCUT2D eigenvalue weighted by Gasteiger charge is -2.21. The third-order valence-electron chi connectivity index (χ3n) is 3.48. The topological polar surface area (TPSA) is 29.9 Å². The molecule has 0 spiro atoms. The lowest BCUT2D eigenvalue weighted by Crippen LogP contribution is -2.32. The molecule has 0 bridgehead atoms. The van der Waals surface area contributed by atoms with Crippen molar-refractivity contribution in [1.82, 2.24) is 15.1 Å². The number of hydrogen-bond acceptors (Lipinski definition) is 2. The lowest BCUT2D eigenvalue weighted by atomic mass is 9.94. The van der Waals surface area contributed by atoms with Gasteiger partial charge in [0.15, 0.2) is 0 Å². The average molecular weight is 233 g/mol. The molecule has 1 aromatic rings.